The quantitative estimate of drug-likeness (QED) is 0.279. The van der Waals surface area contributed by atoms with Crippen LogP contribution in [0.25, 0.3) is 0 Å². The molecule has 0 fully saturated rings. The summed E-state index contributed by atoms with van der Waals surface area (Å²) in [6, 6.07) is 10.2. The average molecular weight is 419 g/mol. The fourth-order valence-corrected chi connectivity index (χ4v) is 1.94. The number of nitrogens with one attached hydrogen (secondary N) is 2. The van der Waals surface area contributed by atoms with Crippen LogP contribution >= 0.6 is 24.0 Å². The number of aliphatic imine (C=N–C) groups is 1. The third-order valence-corrected chi connectivity index (χ3v) is 3.12. The molecular weight excluding hydrogens is 389 g/mol. The topological polar surface area (TPSA) is 45.7 Å². The van der Waals surface area contributed by atoms with Crippen molar-refractivity contribution in [3.63, 3.8) is 0 Å². The first kappa shape index (κ1) is 21.2. The highest BCUT2D eigenvalue weighted by Gasteiger charge is 1.98. The monoisotopic (exact) mass is 419 g/mol. The number of hydrogen-bond donors (Lipinski definition) is 2. The summed E-state index contributed by atoms with van der Waals surface area (Å²) in [7, 11) is 1.79. The molecule has 0 aromatic heterocycles. The Morgan fingerprint density at radius 3 is 2.45 bits per heavy atom. The summed E-state index contributed by atoms with van der Waals surface area (Å²) in [5.74, 6) is 1.61. The van der Waals surface area contributed by atoms with Gasteiger partial charge in [-0.15, -0.1) is 24.0 Å². The Bertz CT molecular complexity index is 396. The summed E-state index contributed by atoms with van der Waals surface area (Å²) in [5.41, 5.74) is 1.20. The van der Waals surface area contributed by atoms with E-state index < -0.39 is 0 Å². The molecule has 1 aromatic carbocycles. The van der Waals surface area contributed by atoms with E-state index in [0.717, 1.165) is 25.0 Å². The minimum Gasteiger partial charge on any atom is -0.375 e. The van der Waals surface area contributed by atoms with Crippen LogP contribution in [0.1, 0.15) is 32.3 Å². The Kier molecular flexibility index (Phi) is 13.3. The molecule has 22 heavy (non-hydrogen) atoms. The van der Waals surface area contributed by atoms with E-state index in [4.69, 9.17) is 4.74 Å². The van der Waals surface area contributed by atoms with Crippen LogP contribution in [0.3, 0.4) is 0 Å². The summed E-state index contributed by atoms with van der Waals surface area (Å²) in [6.07, 6.45) is 2.41. The lowest BCUT2D eigenvalue weighted by Crippen LogP contribution is -2.39. The minimum atomic E-state index is 0. The Labute approximate surface area is 152 Å². The molecule has 0 heterocycles. The lowest BCUT2D eigenvalue weighted by atomic mass is 10.1. The van der Waals surface area contributed by atoms with Crippen LogP contribution in [-0.4, -0.2) is 32.7 Å². The maximum atomic E-state index is 5.63. The van der Waals surface area contributed by atoms with E-state index in [-0.39, 0.29) is 24.0 Å². The molecule has 0 spiro atoms. The average Bonchev–Trinajstić information content (AvgIpc) is 2.50. The zero-order valence-corrected chi connectivity index (χ0v) is 16.3. The third kappa shape index (κ3) is 10.8. The highest BCUT2D eigenvalue weighted by molar-refractivity contribution is 14.0. The molecular formula is C17H30IN3O. The predicted octanol–water partition coefficient (Wildman–Crippen LogP) is 3.42. The van der Waals surface area contributed by atoms with Gasteiger partial charge in [0.15, 0.2) is 5.96 Å². The molecule has 0 atom stereocenters. The molecule has 2 N–H and O–H groups in total. The van der Waals surface area contributed by atoms with Gasteiger partial charge < -0.3 is 15.4 Å². The molecule has 1 aromatic rings. The van der Waals surface area contributed by atoms with Gasteiger partial charge in [0.2, 0.25) is 0 Å². The van der Waals surface area contributed by atoms with Crippen LogP contribution < -0.4 is 10.6 Å². The molecule has 0 saturated heterocycles. The van der Waals surface area contributed by atoms with Gasteiger partial charge in [-0.05, 0) is 24.3 Å². The molecule has 0 bridgehead atoms. The van der Waals surface area contributed by atoms with Crippen LogP contribution in [0.2, 0.25) is 0 Å². The zero-order chi connectivity index (χ0) is 15.3. The summed E-state index contributed by atoms with van der Waals surface area (Å²) >= 11 is 0. The fourth-order valence-electron chi connectivity index (χ4n) is 1.94. The molecule has 0 amide bonds. The highest BCUT2D eigenvalue weighted by Crippen LogP contribution is 2.01. The number of nitrogens with zero attached hydrogens (tertiary/aromatic N) is 1. The van der Waals surface area contributed by atoms with Crippen molar-refractivity contribution in [2.24, 2.45) is 10.9 Å². The van der Waals surface area contributed by atoms with Crippen LogP contribution in [0.4, 0.5) is 0 Å². The molecule has 1 rings (SSSR count). The van der Waals surface area contributed by atoms with Crippen molar-refractivity contribution >= 4 is 29.9 Å². The van der Waals surface area contributed by atoms with Crippen molar-refractivity contribution in [2.75, 3.05) is 26.7 Å². The van der Waals surface area contributed by atoms with Gasteiger partial charge in [-0.3, -0.25) is 4.99 Å². The van der Waals surface area contributed by atoms with Gasteiger partial charge in [0.25, 0.3) is 0 Å². The van der Waals surface area contributed by atoms with Crippen molar-refractivity contribution in [3.8, 4) is 0 Å². The standard InChI is InChI=1S/C17H29N3O.HI/c1-15(2)8-7-11-19-17(18-3)20-12-13-21-14-16-9-5-4-6-10-16;/h4-6,9-10,15H,7-8,11-14H2,1-3H3,(H2,18,19,20);1H. The SMILES string of the molecule is CN=C(NCCCC(C)C)NCCOCc1ccccc1.I. The van der Waals surface area contributed by atoms with Gasteiger partial charge in [0, 0.05) is 20.1 Å². The van der Waals surface area contributed by atoms with Gasteiger partial charge in [-0.1, -0.05) is 44.2 Å². The third-order valence-electron chi connectivity index (χ3n) is 3.12. The fraction of sp³-hybridized carbons (Fsp3) is 0.588. The Balaban J connectivity index is 0.00000441. The molecule has 4 nitrogen and oxygen atoms in total. The van der Waals surface area contributed by atoms with E-state index in [1.807, 2.05) is 18.2 Å². The number of ether oxygens (including phenoxy) is 1. The first-order valence-electron chi connectivity index (χ1n) is 7.78. The molecule has 126 valence electrons. The second kappa shape index (κ2) is 13.8. The minimum absolute atomic E-state index is 0. The van der Waals surface area contributed by atoms with Gasteiger partial charge in [-0.25, -0.2) is 0 Å². The van der Waals surface area contributed by atoms with E-state index in [0.29, 0.717) is 13.2 Å². The maximum absolute atomic E-state index is 5.63. The molecule has 0 saturated carbocycles. The van der Waals surface area contributed by atoms with Gasteiger partial charge >= 0.3 is 0 Å². The largest absolute Gasteiger partial charge is 0.375 e. The molecule has 5 heteroatoms. The normalized spacial score (nSPS) is 11.2. The lowest BCUT2D eigenvalue weighted by molar-refractivity contribution is 0.125. The van der Waals surface area contributed by atoms with Crippen molar-refractivity contribution in [2.45, 2.75) is 33.3 Å². The van der Waals surface area contributed by atoms with Crippen molar-refractivity contribution in [1.29, 1.82) is 0 Å². The number of hydrogen-bond acceptors (Lipinski definition) is 2. The molecule has 0 aliphatic heterocycles. The van der Waals surface area contributed by atoms with Crippen LogP contribution in [-0.2, 0) is 11.3 Å². The number of benzene rings is 1. The molecule has 0 radical (unpaired) electrons. The van der Waals surface area contributed by atoms with Crippen molar-refractivity contribution < 1.29 is 4.74 Å². The van der Waals surface area contributed by atoms with E-state index in [1.54, 1.807) is 7.05 Å². The second-order valence-corrected chi connectivity index (χ2v) is 5.50. The van der Waals surface area contributed by atoms with Gasteiger partial charge in [0.05, 0.1) is 13.2 Å². The van der Waals surface area contributed by atoms with E-state index in [2.05, 4.69) is 41.6 Å². The van der Waals surface area contributed by atoms with Crippen LogP contribution in [0.15, 0.2) is 35.3 Å². The van der Waals surface area contributed by atoms with E-state index >= 15 is 0 Å². The van der Waals surface area contributed by atoms with Crippen molar-refractivity contribution in [1.82, 2.24) is 10.6 Å². The predicted molar refractivity (Wildman–Crippen MR) is 105 cm³/mol. The van der Waals surface area contributed by atoms with E-state index in [9.17, 15) is 0 Å². The van der Waals surface area contributed by atoms with Gasteiger partial charge in [-0.2, -0.15) is 0 Å². The van der Waals surface area contributed by atoms with Gasteiger partial charge in [0.1, 0.15) is 0 Å². The van der Waals surface area contributed by atoms with Crippen molar-refractivity contribution in [3.05, 3.63) is 35.9 Å². The lowest BCUT2D eigenvalue weighted by Gasteiger charge is -2.12. The van der Waals surface area contributed by atoms with E-state index in [1.165, 1.54) is 18.4 Å². The summed E-state index contributed by atoms with van der Waals surface area (Å²) in [4.78, 5) is 4.20. The Morgan fingerprint density at radius 1 is 1.14 bits per heavy atom. The number of guanidine groups is 1. The molecule has 0 aliphatic rings. The Hall–Kier alpha value is -0.820. The first-order valence-corrected chi connectivity index (χ1v) is 7.78. The first-order chi connectivity index (χ1) is 10.2. The zero-order valence-electron chi connectivity index (χ0n) is 14.0. The summed E-state index contributed by atoms with van der Waals surface area (Å²) in [5, 5.41) is 6.57. The smallest absolute Gasteiger partial charge is 0.191 e. The molecule has 0 unspecified atom stereocenters. The number of halogens is 1. The van der Waals surface area contributed by atoms with Crippen LogP contribution in [0, 0.1) is 5.92 Å². The Morgan fingerprint density at radius 2 is 1.82 bits per heavy atom. The second-order valence-electron chi connectivity index (χ2n) is 5.50. The molecule has 0 aliphatic carbocycles. The number of rotatable bonds is 9. The maximum Gasteiger partial charge on any atom is 0.191 e. The summed E-state index contributed by atoms with van der Waals surface area (Å²) in [6.45, 7) is 7.54. The highest BCUT2D eigenvalue weighted by atomic mass is 127. The summed E-state index contributed by atoms with van der Waals surface area (Å²) < 4.78 is 5.63. The van der Waals surface area contributed by atoms with Crippen LogP contribution in [0.5, 0.6) is 0 Å².